The molecular formula is C22H29N3O4S. The number of nitrogens with zero attached hydrogens (tertiary/aromatic N) is 3. The number of sulfonamides is 1. The van der Waals surface area contributed by atoms with Crippen molar-refractivity contribution in [2.75, 3.05) is 24.5 Å². The number of hydrogen-bond donors (Lipinski definition) is 0. The highest BCUT2D eigenvalue weighted by molar-refractivity contribution is 7.89. The molecule has 3 rings (SSSR count). The van der Waals surface area contributed by atoms with Crippen molar-refractivity contribution >= 4 is 21.6 Å². The van der Waals surface area contributed by atoms with Gasteiger partial charge in [0.25, 0.3) is 11.5 Å². The van der Waals surface area contributed by atoms with Crippen molar-refractivity contribution in [3.63, 3.8) is 0 Å². The number of rotatable bonds is 6. The predicted molar refractivity (Wildman–Crippen MR) is 118 cm³/mol. The van der Waals surface area contributed by atoms with Crippen molar-refractivity contribution in [2.24, 2.45) is 7.05 Å². The number of pyridine rings is 1. The Labute approximate surface area is 178 Å². The molecule has 0 atom stereocenters. The monoisotopic (exact) mass is 431 g/mol. The van der Waals surface area contributed by atoms with Gasteiger partial charge >= 0.3 is 0 Å². The van der Waals surface area contributed by atoms with Crippen LogP contribution in [0.25, 0.3) is 0 Å². The van der Waals surface area contributed by atoms with E-state index in [9.17, 15) is 18.0 Å². The number of hydrogen-bond acceptors (Lipinski definition) is 4. The normalized spacial score (nSPS) is 14.1. The fourth-order valence-corrected chi connectivity index (χ4v) is 5.47. The molecule has 0 spiro atoms. The zero-order valence-electron chi connectivity index (χ0n) is 18.0. The molecule has 0 unspecified atom stereocenters. The summed E-state index contributed by atoms with van der Waals surface area (Å²) in [7, 11) is -1.91. The average Bonchev–Trinajstić information content (AvgIpc) is 2.74. The summed E-state index contributed by atoms with van der Waals surface area (Å²) in [5.41, 5.74) is 2.54. The molecule has 1 aromatic heterocycles. The third-order valence-corrected chi connectivity index (χ3v) is 7.69. The summed E-state index contributed by atoms with van der Waals surface area (Å²) in [6.45, 7) is 6.90. The second-order valence-corrected chi connectivity index (χ2v) is 9.40. The van der Waals surface area contributed by atoms with E-state index in [1.54, 1.807) is 42.4 Å². The van der Waals surface area contributed by atoms with Gasteiger partial charge in [-0.1, -0.05) is 20.8 Å². The number of carbonyl (C=O) groups is 1. The van der Waals surface area contributed by atoms with Crippen molar-refractivity contribution in [1.82, 2.24) is 8.87 Å². The number of aromatic nitrogens is 1. The van der Waals surface area contributed by atoms with E-state index in [-0.39, 0.29) is 16.4 Å². The number of amides is 1. The molecule has 0 saturated carbocycles. The number of carbonyl (C=O) groups excluding carboxylic acids is 1. The van der Waals surface area contributed by atoms with E-state index < -0.39 is 10.0 Å². The van der Waals surface area contributed by atoms with Crippen LogP contribution in [0.4, 0.5) is 5.69 Å². The Balaban J connectivity index is 2.00. The Morgan fingerprint density at radius 3 is 2.47 bits per heavy atom. The molecule has 162 valence electrons. The van der Waals surface area contributed by atoms with Gasteiger partial charge in [0.15, 0.2) is 0 Å². The van der Waals surface area contributed by atoms with Gasteiger partial charge in [0.1, 0.15) is 0 Å². The second-order valence-electron chi connectivity index (χ2n) is 7.46. The molecule has 8 heteroatoms. The summed E-state index contributed by atoms with van der Waals surface area (Å²) in [6, 6.07) is 6.67. The summed E-state index contributed by atoms with van der Waals surface area (Å²) in [5.74, 6) is -0.180. The maximum Gasteiger partial charge on any atom is 0.259 e. The van der Waals surface area contributed by atoms with Gasteiger partial charge < -0.3 is 9.47 Å². The van der Waals surface area contributed by atoms with Crippen LogP contribution in [-0.2, 0) is 29.9 Å². The minimum Gasteiger partial charge on any atom is -0.318 e. The lowest BCUT2D eigenvalue weighted by atomic mass is 10.0. The highest BCUT2D eigenvalue weighted by Gasteiger charge is 2.28. The number of aryl methyl sites for hydroxylation is 3. The first kappa shape index (κ1) is 22.2. The van der Waals surface area contributed by atoms with Crippen LogP contribution in [0.3, 0.4) is 0 Å². The van der Waals surface area contributed by atoms with Crippen LogP contribution < -0.4 is 10.5 Å². The highest BCUT2D eigenvalue weighted by Crippen LogP contribution is 2.31. The molecular weight excluding hydrogens is 402 g/mol. The minimum absolute atomic E-state index is 0.0978. The van der Waals surface area contributed by atoms with E-state index in [0.717, 1.165) is 17.7 Å². The molecule has 30 heavy (non-hydrogen) atoms. The third kappa shape index (κ3) is 3.94. The molecule has 1 aliphatic heterocycles. The van der Waals surface area contributed by atoms with E-state index >= 15 is 0 Å². The predicted octanol–water partition coefficient (Wildman–Crippen LogP) is 2.57. The van der Waals surface area contributed by atoms with Crippen molar-refractivity contribution in [3.05, 3.63) is 57.5 Å². The zero-order chi connectivity index (χ0) is 22.1. The first-order valence-corrected chi connectivity index (χ1v) is 11.8. The Morgan fingerprint density at radius 1 is 1.13 bits per heavy atom. The van der Waals surface area contributed by atoms with Gasteiger partial charge in [-0.3, -0.25) is 9.59 Å². The summed E-state index contributed by atoms with van der Waals surface area (Å²) >= 11 is 0. The smallest absolute Gasteiger partial charge is 0.259 e. The molecule has 0 bridgehead atoms. The molecule has 2 heterocycles. The van der Waals surface area contributed by atoms with Crippen LogP contribution in [0.1, 0.15) is 48.7 Å². The first-order chi connectivity index (χ1) is 14.2. The molecule has 1 aromatic carbocycles. The fourth-order valence-electron chi connectivity index (χ4n) is 3.96. The molecule has 1 aliphatic rings. The molecule has 1 amide bonds. The van der Waals surface area contributed by atoms with E-state index in [4.69, 9.17) is 0 Å². The Kier molecular flexibility index (Phi) is 6.47. The Morgan fingerprint density at radius 2 is 1.83 bits per heavy atom. The maximum absolute atomic E-state index is 13.3. The Bertz CT molecular complexity index is 1120. The molecule has 0 aliphatic carbocycles. The summed E-state index contributed by atoms with van der Waals surface area (Å²) < 4.78 is 28.6. The largest absolute Gasteiger partial charge is 0.318 e. The van der Waals surface area contributed by atoms with Gasteiger partial charge in [0, 0.05) is 44.1 Å². The van der Waals surface area contributed by atoms with E-state index in [1.165, 1.54) is 8.87 Å². The topological polar surface area (TPSA) is 79.7 Å². The lowest BCUT2D eigenvalue weighted by Gasteiger charge is -2.30. The zero-order valence-corrected chi connectivity index (χ0v) is 18.8. The molecule has 0 N–H and O–H groups in total. The lowest BCUT2D eigenvalue weighted by Crippen LogP contribution is -2.37. The van der Waals surface area contributed by atoms with Crippen molar-refractivity contribution < 1.29 is 13.2 Å². The van der Waals surface area contributed by atoms with Gasteiger partial charge in [-0.2, -0.15) is 4.31 Å². The molecule has 0 fully saturated rings. The van der Waals surface area contributed by atoms with Gasteiger partial charge in [-0.15, -0.1) is 0 Å². The quantitative estimate of drug-likeness (QED) is 0.704. The Hall–Kier alpha value is -2.45. The maximum atomic E-state index is 13.3. The van der Waals surface area contributed by atoms with Crippen LogP contribution in [0.5, 0.6) is 0 Å². The summed E-state index contributed by atoms with van der Waals surface area (Å²) in [5, 5.41) is 0. The molecule has 2 aromatic rings. The highest BCUT2D eigenvalue weighted by atomic mass is 32.2. The van der Waals surface area contributed by atoms with Gasteiger partial charge in [-0.25, -0.2) is 8.42 Å². The molecule has 7 nitrogen and oxygen atoms in total. The lowest BCUT2D eigenvalue weighted by molar-refractivity contribution is 0.0984. The van der Waals surface area contributed by atoms with Gasteiger partial charge in [0.05, 0.1) is 10.5 Å². The van der Waals surface area contributed by atoms with Gasteiger partial charge in [-0.05, 0) is 49.1 Å². The average molecular weight is 432 g/mol. The van der Waals surface area contributed by atoms with Crippen LogP contribution in [0, 0.1) is 0 Å². The first-order valence-electron chi connectivity index (χ1n) is 10.4. The summed E-state index contributed by atoms with van der Waals surface area (Å²) in [6.07, 6.45) is 3.59. The summed E-state index contributed by atoms with van der Waals surface area (Å²) in [4.78, 5) is 27.4. The van der Waals surface area contributed by atoms with E-state index in [2.05, 4.69) is 0 Å². The van der Waals surface area contributed by atoms with Gasteiger partial charge in [0.2, 0.25) is 10.0 Å². The minimum atomic E-state index is -3.55. The number of benzene rings is 1. The van der Waals surface area contributed by atoms with Crippen LogP contribution in [-0.4, -0.2) is 42.8 Å². The standard InChI is InChI=1S/C22H29N3O4S/c1-5-16-13-18(15-23(4)21(16)26)22(27)25-12-8-9-17-14-19(10-11-20(17)25)30(28,29)24(6-2)7-3/h10-11,13-15H,5-9,12H2,1-4H3. The van der Waals surface area contributed by atoms with Crippen molar-refractivity contribution in [3.8, 4) is 0 Å². The van der Waals surface area contributed by atoms with Crippen LogP contribution >= 0.6 is 0 Å². The van der Waals surface area contributed by atoms with Crippen molar-refractivity contribution in [2.45, 2.75) is 44.9 Å². The fraction of sp³-hybridized carbons (Fsp3) is 0.455. The van der Waals surface area contributed by atoms with Crippen LogP contribution in [0.15, 0.2) is 40.2 Å². The molecule has 0 saturated heterocycles. The van der Waals surface area contributed by atoms with Crippen LogP contribution in [0.2, 0.25) is 0 Å². The van der Waals surface area contributed by atoms with E-state index in [0.29, 0.717) is 43.6 Å². The number of anilines is 1. The molecule has 0 radical (unpaired) electrons. The second kappa shape index (κ2) is 8.73. The van der Waals surface area contributed by atoms with Crippen molar-refractivity contribution in [1.29, 1.82) is 0 Å². The van der Waals surface area contributed by atoms with E-state index in [1.807, 2.05) is 20.8 Å². The number of fused-ring (bicyclic) bond motifs is 1. The third-order valence-electron chi connectivity index (χ3n) is 5.64. The SMILES string of the molecule is CCc1cc(C(=O)N2CCCc3cc(S(=O)(=O)N(CC)CC)ccc32)cn(C)c1=O.